The van der Waals surface area contributed by atoms with E-state index in [4.69, 9.17) is 4.74 Å². The summed E-state index contributed by atoms with van der Waals surface area (Å²) in [5.41, 5.74) is 3.79. The van der Waals surface area contributed by atoms with Crippen LogP contribution in [0.15, 0.2) is 42.5 Å². The minimum absolute atomic E-state index is 0.0285. The van der Waals surface area contributed by atoms with E-state index in [0.29, 0.717) is 11.5 Å². The van der Waals surface area contributed by atoms with Crippen LogP contribution in [0.25, 0.3) is 0 Å². The normalized spacial score (nSPS) is 12.0. The van der Waals surface area contributed by atoms with E-state index in [0.717, 1.165) is 44.9 Å². The zero-order chi connectivity index (χ0) is 31.7. The summed E-state index contributed by atoms with van der Waals surface area (Å²) in [5, 5.41) is 10.7. The Morgan fingerprint density at radius 1 is 0.614 bits per heavy atom. The summed E-state index contributed by atoms with van der Waals surface area (Å²) in [5.74, 6) is 1.09. The van der Waals surface area contributed by atoms with Gasteiger partial charge in [-0.1, -0.05) is 160 Å². The predicted octanol–water partition coefficient (Wildman–Crippen LogP) is 12.5. The summed E-state index contributed by atoms with van der Waals surface area (Å²) in [7, 11) is 0. The van der Waals surface area contributed by atoms with Crippen LogP contribution in [-0.4, -0.2) is 11.1 Å². The number of carbonyl (C=O) groups is 1. The van der Waals surface area contributed by atoms with E-state index in [-0.39, 0.29) is 11.9 Å². The van der Waals surface area contributed by atoms with Crippen molar-refractivity contribution >= 4 is 5.97 Å². The molecule has 44 heavy (non-hydrogen) atoms. The van der Waals surface area contributed by atoms with Crippen molar-refractivity contribution in [1.82, 2.24) is 0 Å². The summed E-state index contributed by atoms with van der Waals surface area (Å²) in [6.45, 7) is 6.44. The summed E-state index contributed by atoms with van der Waals surface area (Å²) in [6, 6.07) is 14.0. The highest BCUT2D eigenvalue weighted by Crippen LogP contribution is 2.29. The number of phenolic OH excluding ortho intramolecular Hbond substituents is 1. The summed E-state index contributed by atoms with van der Waals surface area (Å²) >= 11 is 0. The third kappa shape index (κ3) is 17.3. The molecule has 1 N–H and O–H groups in total. The van der Waals surface area contributed by atoms with Crippen LogP contribution in [0.5, 0.6) is 11.5 Å². The van der Waals surface area contributed by atoms with Crippen LogP contribution in [-0.2, 0) is 24.1 Å². The number of carbonyl (C=O) groups excluding carboxylic acids is 1. The molecule has 0 spiro atoms. The maximum atomic E-state index is 12.2. The highest BCUT2D eigenvalue weighted by Gasteiger charge is 2.15. The number of benzene rings is 2. The van der Waals surface area contributed by atoms with E-state index in [1.807, 2.05) is 37.3 Å². The fourth-order valence-electron chi connectivity index (χ4n) is 6.17. The number of aryl methyl sites for hydroxylation is 3. The number of hydrogen-bond acceptors (Lipinski definition) is 3. The van der Waals surface area contributed by atoms with Crippen LogP contribution < -0.4 is 4.74 Å². The molecule has 0 aliphatic heterocycles. The molecule has 0 radical (unpaired) electrons. The lowest BCUT2D eigenvalue weighted by Crippen LogP contribution is -2.17. The number of phenols is 1. The first-order chi connectivity index (χ1) is 21.5. The van der Waals surface area contributed by atoms with Gasteiger partial charge in [0.1, 0.15) is 11.5 Å². The molecule has 0 heterocycles. The van der Waals surface area contributed by atoms with E-state index in [2.05, 4.69) is 26.0 Å². The Bertz CT molecular complexity index is 954. The molecule has 3 heteroatoms. The predicted molar refractivity (Wildman–Crippen MR) is 189 cm³/mol. The molecular formula is C41H66O3. The molecule has 2 rings (SSSR count). The van der Waals surface area contributed by atoms with Crippen molar-refractivity contribution in [2.45, 2.75) is 175 Å². The first kappa shape index (κ1) is 37.9. The zero-order valence-corrected chi connectivity index (χ0v) is 28.9. The number of para-hydroxylation sites is 1. The van der Waals surface area contributed by atoms with Crippen LogP contribution in [0.1, 0.15) is 172 Å². The van der Waals surface area contributed by atoms with Crippen molar-refractivity contribution in [3.8, 4) is 11.5 Å². The summed E-state index contributed by atoms with van der Waals surface area (Å²) in [4.78, 5) is 12.2. The van der Waals surface area contributed by atoms with Crippen molar-refractivity contribution in [3.63, 3.8) is 0 Å². The number of ether oxygens (including phenoxy) is 1. The average Bonchev–Trinajstić information content (AvgIpc) is 3.03. The molecule has 0 aliphatic rings. The van der Waals surface area contributed by atoms with Gasteiger partial charge in [-0.3, -0.25) is 4.79 Å². The molecule has 2 aromatic carbocycles. The molecule has 2 aromatic rings. The number of esters is 1. The van der Waals surface area contributed by atoms with Gasteiger partial charge in [0.2, 0.25) is 0 Å². The first-order valence-electron chi connectivity index (χ1n) is 18.7. The number of hydrogen-bond donors (Lipinski definition) is 1. The lowest BCUT2D eigenvalue weighted by molar-refractivity contribution is -0.138. The molecule has 0 aromatic heterocycles. The van der Waals surface area contributed by atoms with E-state index >= 15 is 0 Å². The smallest absolute Gasteiger partial charge is 0.314 e. The van der Waals surface area contributed by atoms with Gasteiger partial charge in [0, 0.05) is 0 Å². The van der Waals surface area contributed by atoms with Gasteiger partial charge in [0.15, 0.2) is 0 Å². The van der Waals surface area contributed by atoms with E-state index in [1.54, 1.807) is 0 Å². The fourth-order valence-corrected chi connectivity index (χ4v) is 6.17. The lowest BCUT2D eigenvalue weighted by atomic mass is 9.94. The highest BCUT2D eigenvalue weighted by molar-refractivity contribution is 5.74. The Labute approximate surface area is 271 Å². The largest absolute Gasteiger partial charge is 0.507 e. The molecular weight excluding hydrogens is 540 g/mol. The van der Waals surface area contributed by atoms with Crippen LogP contribution in [0.2, 0.25) is 0 Å². The van der Waals surface area contributed by atoms with Gasteiger partial charge in [-0.25, -0.2) is 0 Å². The molecule has 0 saturated carbocycles. The van der Waals surface area contributed by atoms with Crippen LogP contribution >= 0.6 is 0 Å². The van der Waals surface area contributed by atoms with Gasteiger partial charge in [-0.15, -0.1) is 0 Å². The second-order valence-electron chi connectivity index (χ2n) is 13.3. The van der Waals surface area contributed by atoms with Crippen molar-refractivity contribution in [2.75, 3.05) is 0 Å². The minimum Gasteiger partial charge on any atom is -0.507 e. The quantitative estimate of drug-likeness (QED) is 0.0625. The SMILES string of the molecule is CCCCc1cc(CCCCCCCCCCCCCCCCCCC(C)C(=O)Oc2ccccc2)cc(CCCC)c1O. The fraction of sp³-hybridized carbons (Fsp3) is 0.683. The standard InChI is InChI=1S/C41H66O3/c1-4-6-29-37-33-36(34-38(40(37)42)30-7-5-2)28-24-21-19-17-15-13-11-9-8-10-12-14-16-18-20-23-27-35(3)41(43)44-39-31-25-22-26-32-39/h22,25-26,31-35,42H,4-21,23-24,27-30H2,1-3H3. The summed E-state index contributed by atoms with van der Waals surface area (Å²) < 4.78 is 5.45. The Kier molecular flexibility index (Phi) is 21.5. The number of unbranched alkanes of at least 4 members (excludes halogenated alkanes) is 17. The lowest BCUT2D eigenvalue weighted by Gasteiger charge is -2.13. The molecule has 3 nitrogen and oxygen atoms in total. The average molecular weight is 607 g/mol. The number of aromatic hydroxyl groups is 1. The third-order valence-corrected chi connectivity index (χ3v) is 9.14. The highest BCUT2D eigenvalue weighted by atomic mass is 16.5. The van der Waals surface area contributed by atoms with Crippen LogP contribution in [0, 0.1) is 5.92 Å². The van der Waals surface area contributed by atoms with Crippen molar-refractivity contribution in [3.05, 3.63) is 59.2 Å². The molecule has 0 fully saturated rings. The van der Waals surface area contributed by atoms with E-state index in [9.17, 15) is 9.90 Å². The second kappa shape index (κ2) is 25.0. The van der Waals surface area contributed by atoms with Gasteiger partial charge in [-0.05, 0) is 73.8 Å². The molecule has 0 saturated heterocycles. The maximum absolute atomic E-state index is 12.2. The van der Waals surface area contributed by atoms with Crippen molar-refractivity contribution in [2.24, 2.45) is 5.92 Å². The van der Waals surface area contributed by atoms with Crippen molar-refractivity contribution < 1.29 is 14.6 Å². The molecule has 1 atom stereocenters. The molecule has 0 amide bonds. The molecule has 0 aliphatic carbocycles. The van der Waals surface area contributed by atoms with Gasteiger partial charge in [0.25, 0.3) is 0 Å². The van der Waals surface area contributed by atoms with Crippen LogP contribution in [0.3, 0.4) is 0 Å². The monoisotopic (exact) mass is 607 g/mol. The Morgan fingerprint density at radius 3 is 1.50 bits per heavy atom. The molecule has 0 bridgehead atoms. The maximum Gasteiger partial charge on any atom is 0.314 e. The van der Waals surface area contributed by atoms with E-state index in [1.165, 1.54) is 126 Å². The first-order valence-corrected chi connectivity index (χ1v) is 18.7. The van der Waals surface area contributed by atoms with Crippen molar-refractivity contribution in [1.29, 1.82) is 0 Å². The Morgan fingerprint density at radius 2 is 1.05 bits per heavy atom. The van der Waals surface area contributed by atoms with Crippen LogP contribution in [0.4, 0.5) is 0 Å². The Hall–Kier alpha value is -2.29. The van der Waals surface area contributed by atoms with Gasteiger partial charge in [-0.2, -0.15) is 0 Å². The third-order valence-electron chi connectivity index (χ3n) is 9.14. The molecule has 1 unspecified atom stereocenters. The topological polar surface area (TPSA) is 46.5 Å². The van der Waals surface area contributed by atoms with Gasteiger partial charge in [0.05, 0.1) is 5.92 Å². The van der Waals surface area contributed by atoms with E-state index < -0.39 is 0 Å². The second-order valence-corrected chi connectivity index (χ2v) is 13.3. The zero-order valence-electron chi connectivity index (χ0n) is 28.9. The van der Waals surface area contributed by atoms with Gasteiger partial charge < -0.3 is 9.84 Å². The Balaban J connectivity index is 1.38. The number of rotatable bonds is 27. The summed E-state index contributed by atoms with van der Waals surface area (Å²) in [6.07, 6.45) is 30.2. The minimum atomic E-state index is -0.106. The molecule has 248 valence electrons. The van der Waals surface area contributed by atoms with Gasteiger partial charge >= 0.3 is 5.97 Å².